The van der Waals surface area contributed by atoms with Crippen LogP contribution in [0.5, 0.6) is 0 Å². The second-order valence-electron chi connectivity index (χ2n) is 4.99. The Kier molecular flexibility index (Phi) is 5.18. The van der Waals surface area contributed by atoms with Crippen molar-refractivity contribution in [3.05, 3.63) is 63.9 Å². The van der Waals surface area contributed by atoms with Gasteiger partial charge in [-0.2, -0.15) is 0 Å². The molecule has 0 aliphatic rings. The van der Waals surface area contributed by atoms with E-state index in [0.717, 1.165) is 24.1 Å². The van der Waals surface area contributed by atoms with Gasteiger partial charge in [0.2, 0.25) is 0 Å². The second-order valence-corrected chi connectivity index (χ2v) is 5.84. The maximum Gasteiger partial charge on any atom is 0.137 e. The Bertz CT molecular complexity index is 566. The summed E-state index contributed by atoms with van der Waals surface area (Å²) < 4.78 is 13.7. The lowest BCUT2D eigenvalue weighted by Crippen LogP contribution is -2.06. The van der Waals surface area contributed by atoms with E-state index >= 15 is 0 Å². The highest BCUT2D eigenvalue weighted by Gasteiger charge is 2.08. The minimum absolute atomic E-state index is 0.129. The van der Waals surface area contributed by atoms with Crippen molar-refractivity contribution in [2.75, 3.05) is 5.32 Å². The summed E-state index contributed by atoms with van der Waals surface area (Å²) in [5.74, 6) is -0.232. The molecule has 20 heavy (non-hydrogen) atoms. The van der Waals surface area contributed by atoms with E-state index in [2.05, 4.69) is 59.4 Å². The highest BCUT2D eigenvalue weighted by atomic mass is 79.9. The molecule has 106 valence electrons. The van der Waals surface area contributed by atoms with Crippen molar-refractivity contribution >= 4 is 21.6 Å². The number of anilines is 1. The zero-order valence-corrected chi connectivity index (χ0v) is 13.4. The molecule has 1 atom stereocenters. The first-order valence-corrected chi connectivity index (χ1v) is 7.70. The van der Waals surface area contributed by atoms with Crippen LogP contribution in [0.15, 0.2) is 46.9 Å². The average Bonchev–Trinajstić information content (AvgIpc) is 2.44. The Labute approximate surface area is 128 Å². The molecule has 0 amide bonds. The number of nitrogens with one attached hydrogen (secondary N) is 1. The van der Waals surface area contributed by atoms with Gasteiger partial charge in [-0.05, 0) is 64.7 Å². The summed E-state index contributed by atoms with van der Waals surface area (Å²) in [4.78, 5) is 0. The molecule has 0 aliphatic carbocycles. The maximum absolute atomic E-state index is 13.2. The Hall–Kier alpha value is -1.35. The van der Waals surface area contributed by atoms with E-state index in [1.165, 1.54) is 11.6 Å². The van der Waals surface area contributed by atoms with Gasteiger partial charge in [-0.15, -0.1) is 0 Å². The van der Waals surface area contributed by atoms with Crippen LogP contribution < -0.4 is 5.32 Å². The van der Waals surface area contributed by atoms with Gasteiger partial charge in [-0.25, -0.2) is 4.39 Å². The molecule has 3 heteroatoms. The predicted octanol–water partition coefficient (Wildman–Crippen LogP) is 5.71. The third-order valence-corrected chi connectivity index (χ3v) is 3.93. The van der Waals surface area contributed by atoms with Crippen LogP contribution >= 0.6 is 15.9 Å². The number of rotatable bonds is 5. The molecule has 0 spiro atoms. The van der Waals surface area contributed by atoms with E-state index in [9.17, 15) is 4.39 Å². The molecule has 2 aromatic carbocycles. The van der Waals surface area contributed by atoms with Crippen LogP contribution in [0.3, 0.4) is 0 Å². The average molecular weight is 336 g/mol. The summed E-state index contributed by atoms with van der Waals surface area (Å²) in [6.45, 7) is 4.25. The fourth-order valence-corrected chi connectivity index (χ4v) is 2.57. The predicted molar refractivity (Wildman–Crippen MR) is 86.6 cm³/mol. The summed E-state index contributed by atoms with van der Waals surface area (Å²) in [6, 6.07) is 13.7. The molecular weight excluding hydrogens is 317 g/mol. The molecule has 2 aromatic rings. The third kappa shape index (κ3) is 3.83. The van der Waals surface area contributed by atoms with Crippen LogP contribution in [-0.2, 0) is 6.42 Å². The molecule has 0 fully saturated rings. The number of hydrogen-bond donors (Lipinski definition) is 1. The first-order chi connectivity index (χ1) is 9.60. The molecule has 1 unspecified atom stereocenters. The van der Waals surface area contributed by atoms with Crippen LogP contribution in [0.1, 0.15) is 37.4 Å². The molecule has 2 rings (SSSR count). The van der Waals surface area contributed by atoms with Gasteiger partial charge in [0.25, 0.3) is 0 Å². The molecular formula is C17H19BrFN. The Morgan fingerprint density at radius 3 is 2.45 bits per heavy atom. The van der Waals surface area contributed by atoms with Crippen LogP contribution in [0.4, 0.5) is 10.1 Å². The summed E-state index contributed by atoms with van der Waals surface area (Å²) in [6.07, 6.45) is 2.27. The van der Waals surface area contributed by atoms with Crippen molar-refractivity contribution in [2.45, 2.75) is 32.7 Å². The molecule has 0 bridgehead atoms. The van der Waals surface area contributed by atoms with Crippen molar-refractivity contribution in [1.82, 2.24) is 0 Å². The molecule has 1 nitrogen and oxygen atoms in total. The standard InChI is InChI=1S/C17H19BrFN/c1-3-4-13-5-8-15(9-6-13)20-12(2)14-7-10-17(19)16(18)11-14/h5-12,20H,3-4H2,1-2H3. The molecule has 0 aliphatic heterocycles. The van der Waals surface area contributed by atoms with E-state index < -0.39 is 0 Å². The van der Waals surface area contributed by atoms with E-state index in [0.29, 0.717) is 4.47 Å². The van der Waals surface area contributed by atoms with Gasteiger partial charge in [0, 0.05) is 11.7 Å². The monoisotopic (exact) mass is 335 g/mol. The lowest BCUT2D eigenvalue weighted by Gasteiger charge is -2.16. The first-order valence-electron chi connectivity index (χ1n) is 6.90. The number of halogens is 2. The van der Waals surface area contributed by atoms with Crippen molar-refractivity contribution in [3.63, 3.8) is 0 Å². The van der Waals surface area contributed by atoms with E-state index in [1.807, 2.05) is 12.1 Å². The SMILES string of the molecule is CCCc1ccc(NC(C)c2ccc(F)c(Br)c2)cc1. The third-order valence-electron chi connectivity index (χ3n) is 3.32. The molecule has 0 radical (unpaired) electrons. The lowest BCUT2D eigenvalue weighted by atomic mass is 10.1. The summed E-state index contributed by atoms with van der Waals surface area (Å²) in [7, 11) is 0. The molecule has 0 saturated heterocycles. The zero-order valence-electron chi connectivity index (χ0n) is 11.8. The maximum atomic E-state index is 13.2. The molecule has 1 N–H and O–H groups in total. The van der Waals surface area contributed by atoms with Crippen LogP contribution in [-0.4, -0.2) is 0 Å². The van der Waals surface area contributed by atoms with Crippen LogP contribution in [0.2, 0.25) is 0 Å². The highest BCUT2D eigenvalue weighted by molar-refractivity contribution is 9.10. The minimum Gasteiger partial charge on any atom is -0.379 e. The molecule has 0 saturated carbocycles. The summed E-state index contributed by atoms with van der Waals surface area (Å²) >= 11 is 3.22. The summed E-state index contributed by atoms with van der Waals surface area (Å²) in [5, 5.41) is 3.43. The van der Waals surface area contributed by atoms with Crippen molar-refractivity contribution in [3.8, 4) is 0 Å². The largest absolute Gasteiger partial charge is 0.379 e. The van der Waals surface area contributed by atoms with E-state index in [-0.39, 0.29) is 11.9 Å². The van der Waals surface area contributed by atoms with Gasteiger partial charge < -0.3 is 5.32 Å². The quantitative estimate of drug-likeness (QED) is 0.737. The normalized spacial score (nSPS) is 12.2. The summed E-state index contributed by atoms with van der Waals surface area (Å²) in [5.41, 5.74) is 3.49. The van der Waals surface area contributed by atoms with Gasteiger partial charge >= 0.3 is 0 Å². The Morgan fingerprint density at radius 1 is 1.15 bits per heavy atom. The van der Waals surface area contributed by atoms with Crippen LogP contribution in [0, 0.1) is 5.82 Å². The fourth-order valence-electron chi connectivity index (χ4n) is 2.17. The zero-order chi connectivity index (χ0) is 14.5. The van der Waals surface area contributed by atoms with E-state index in [1.54, 1.807) is 0 Å². The molecule has 0 aromatic heterocycles. The smallest absolute Gasteiger partial charge is 0.137 e. The topological polar surface area (TPSA) is 12.0 Å². The fraction of sp³-hybridized carbons (Fsp3) is 0.294. The van der Waals surface area contributed by atoms with Gasteiger partial charge in [-0.3, -0.25) is 0 Å². The number of hydrogen-bond acceptors (Lipinski definition) is 1. The number of benzene rings is 2. The lowest BCUT2D eigenvalue weighted by molar-refractivity contribution is 0.619. The van der Waals surface area contributed by atoms with Crippen molar-refractivity contribution in [1.29, 1.82) is 0 Å². The Balaban J connectivity index is 2.06. The van der Waals surface area contributed by atoms with Gasteiger partial charge in [0.1, 0.15) is 5.82 Å². The second kappa shape index (κ2) is 6.89. The highest BCUT2D eigenvalue weighted by Crippen LogP contribution is 2.24. The first kappa shape index (κ1) is 15.0. The van der Waals surface area contributed by atoms with Gasteiger partial charge in [0.15, 0.2) is 0 Å². The van der Waals surface area contributed by atoms with Crippen molar-refractivity contribution in [2.24, 2.45) is 0 Å². The minimum atomic E-state index is -0.232. The van der Waals surface area contributed by atoms with Crippen molar-refractivity contribution < 1.29 is 4.39 Å². The Morgan fingerprint density at radius 2 is 1.85 bits per heavy atom. The van der Waals surface area contributed by atoms with Gasteiger partial charge in [0.05, 0.1) is 4.47 Å². The molecule has 0 heterocycles. The number of aryl methyl sites for hydroxylation is 1. The van der Waals surface area contributed by atoms with Gasteiger partial charge in [-0.1, -0.05) is 31.5 Å². The van der Waals surface area contributed by atoms with E-state index in [4.69, 9.17) is 0 Å². The van der Waals surface area contributed by atoms with Crippen LogP contribution in [0.25, 0.3) is 0 Å².